The standard InChI is InChI=1S/C8H13F3/c1-5(2)6(3)7(4)8(9,10)11/h5H,1-4H3/b7-6+. The average molecular weight is 166 g/mol. The summed E-state index contributed by atoms with van der Waals surface area (Å²) in [7, 11) is 0. The van der Waals surface area contributed by atoms with Crippen molar-refractivity contribution in [1.82, 2.24) is 0 Å². The highest BCUT2D eigenvalue weighted by atomic mass is 19.4. The molecule has 0 radical (unpaired) electrons. The minimum Gasteiger partial charge on any atom is -0.166 e. The van der Waals surface area contributed by atoms with Crippen LogP contribution in [0.2, 0.25) is 0 Å². The molecule has 0 saturated heterocycles. The van der Waals surface area contributed by atoms with Gasteiger partial charge in [0.05, 0.1) is 0 Å². The minimum absolute atomic E-state index is 0.0309. The highest BCUT2D eigenvalue weighted by Gasteiger charge is 2.31. The molecule has 0 N–H and O–H groups in total. The maximum absolute atomic E-state index is 12.0. The van der Waals surface area contributed by atoms with Crippen molar-refractivity contribution in [2.75, 3.05) is 0 Å². The van der Waals surface area contributed by atoms with E-state index in [9.17, 15) is 13.2 Å². The van der Waals surface area contributed by atoms with Crippen molar-refractivity contribution in [2.45, 2.75) is 33.9 Å². The summed E-state index contributed by atoms with van der Waals surface area (Å²) in [6.07, 6.45) is -4.16. The third-order valence-corrected chi connectivity index (χ3v) is 1.88. The van der Waals surface area contributed by atoms with Crippen molar-refractivity contribution in [3.63, 3.8) is 0 Å². The minimum atomic E-state index is -4.16. The molecule has 0 fully saturated rings. The molecule has 0 amide bonds. The van der Waals surface area contributed by atoms with E-state index < -0.39 is 11.7 Å². The predicted molar refractivity (Wildman–Crippen MR) is 39.3 cm³/mol. The van der Waals surface area contributed by atoms with Gasteiger partial charge in [0.15, 0.2) is 0 Å². The van der Waals surface area contributed by atoms with Gasteiger partial charge in [-0.15, -0.1) is 0 Å². The van der Waals surface area contributed by atoms with Gasteiger partial charge in [-0.2, -0.15) is 13.2 Å². The van der Waals surface area contributed by atoms with E-state index in [2.05, 4.69) is 0 Å². The van der Waals surface area contributed by atoms with Gasteiger partial charge in [-0.05, 0) is 19.8 Å². The lowest BCUT2D eigenvalue weighted by Gasteiger charge is -2.13. The molecule has 0 heterocycles. The molecule has 66 valence electrons. The van der Waals surface area contributed by atoms with Crippen LogP contribution in [0.1, 0.15) is 27.7 Å². The van der Waals surface area contributed by atoms with Crippen molar-refractivity contribution in [1.29, 1.82) is 0 Å². The lowest BCUT2D eigenvalue weighted by molar-refractivity contribution is -0.0925. The van der Waals surface area contributed by atoms with E-state index in [0.29, 0.717) is 5.57 Å². The molecule has 0 nitrogen and oxygen atoms in total. The third-order valence-electron chi connectivity index (χ3n) is 1.88. The first-order valence-electron chi connectivity index (χ1n) is 3.51. The molecule has 0 aliphatic carbocycles. The fourth-order valence-electron chi connectivity index (χ4n) is 0.657. The van der Waals surface area contributed by atoms with E-state index in [-0.39, 0.29) is 5.92 Å². The molecule has 0 bridgehead atoms. The quantitative estimate of drug-likeness (QED) is 0.522. The normalized spacial score (nSPS) is 15.3. The Balaban J connectivity index is 4.67. The molecule has 0 aromatic heterocycles. The Morgan fingerprint density at radius 3 is 1.55 bits per heavy atom. The number of hydrogen-bond donors (Lipinski definition) is 0. The van der Waals surface area contributed by atoms with Crippen molar-refractivity contribution in [3.8, 4) is 0 Å². The first-order chi connectivity index (χ1) is 4.76. The summed E-state index contributed by atoms with van der Waals surface area (Å²) in [4.78, 5) is 0. The van der Waals surface area contributed by atoms with Gasteiger partial charge in [-0.1, -0.05) is 19.4 Å². The lowest BCUT2D eigenvalue weighted by atomic mass is 10.00. The van der Waals surface area contributed by atoms with Crippen LogP contribution >= 0.6 is 0 Å². The van der Waals surface area contributed by atoms with Crippen LogP contribution in [0.15, 0.2) is 11.1 Å². The topological polar surface area (TPSA) is 0 Å². The first kappa shape index (κ1) is 10.5. The maximum atomic E-state index is 12.0. The van der Waals surface area contributed by atoms with Crippen molar-refractivity contribution in [3.05, 3.63) is 11.1 Å². The van der Waals surface area contributed by atoms with Crippen LogP contribution in [0.4, 0.5) is 13.2 Å². The van der Waals surface area contributed by atoms with Crippen LogP contribution in [-0.4, -0.2) is 6.18 Å². The van der Waals surface area contributed by atoms with Crippen molar-refractivity contribution >= 4 is 0 Å². The van der Waals surface area contributed by atoms with Gasteiger partial charge >= 0.3 is 6.18 Å². The van der Waals surface area contributed by atoms with E-state index in [1.54, 1.807) is 13.8 Å². The largest absolute Gasteiger partial charge is 0.412 e. The average Bonchev–Trinajstić information content (AvgIpc) is 1.82. The van der Waals surface area contributed by atoms with Crippen molar-refractivity contribution < 1.29 is 13.2 Å². The van der Waals surface area contributed by atoms with Gasteiger partial charge in [-0.25, -0.2) is 0 Å². The fourth-order valence-corrected chi connectivity index (χ4v) is 0.657. The van der Waals surface area contributed by atoms with Crippen LogP contribution in [0.3, 0.4) is 0 Å². The summed E-state index contributed by atoms with van der Waals surface area (Å²) >= 11 is 0. The highest BCUT2D eigenvalue weighted by Crippen LogP contribution is 2.29. The Morgan fingerprint density at radius 2 is 1.45 bits per heavy atom. The smallest absolute Gasteiger partial charge is 0.166 e. The van der Waals surface area contributed by atoms with Gasteiger partial charge in [0.2, 0.25) is 0 Å². The lowest BCUT2D eigenvalue weighted by Crippen LogP contribution is -2.12. The second-order valence-corrected chi connectivity index (χ2v) is 2.96. The second-order valence-electron chi connectivity index (χ2n) is 2.96. The third kappa shape index (κ3) is 2.95. The number of rotatable bonds is 1. The molecule has 0 aliphatic heterocycles. The predicted octanol–water partition coefficient (Wildman–Crippen LogP) is 3.54. The van der Waals surface area contributed by atoms with Gasteiger partial charge in [0.25, 0.3) is 0 Å². The van der Waals surface area contributed by atoms with Gasteiger partial charge in [0, 0.05) is 5.57 Å². The fraction of sp³-hybridized carbons (Fsp3) is 0.750. The zero-order chi connectivity index (χ0) is 9.23. The highest BCUT2D eigenvalue weighted by molar-refractivity contribution is 5.16. The van der Waals surface area contributed by atoms with Crippen molar-refractivity contribution in [2.24, 2.45) is 5.92 Å². The number of alkyl halides is 3. The molecule has 0 saturated carbocycles. The van der Waals surface area contributed by atoms with E-state index in [1.807, 2.05) is 0 Å². The monoisotopic (exact) mass is 166 g/mol. The van der Waals surface area contributed by atoms with Crippen LogP contribution in [-0.2, 0) is 0 Å². The summed E-state index contributed by atoms with van der Waals surface area (Å²) in [6, 6.07) is 0. The molecule has 0 rings (SSSR count). The maximum Gasteiger partial charge on any atom is 0.412 e. The van der Waals surface area contributed by atoms with Crippen LogP contribution in [0, 0.1) is 5.92 Å². The summed E-state index contributed by atoms with van der Waals surface area (Å²) in [6.45, 7) is 6.15. The molecule has 0 atom stereocenters. The molecule has 0 aromatic rings. The van der Waals surface area contributed by atoms with Crippen LogP contribution in [0.25, 0.3) is 0 Å². The number of allylic oxidation sites excluding steroid dienone is 2. The van der Waals surface area contributed by atoms with Gasteiger partial charge in [-0.3, -0.25) is 0 Å². The molecule has 0 unspecified atom stereocenters. The molecule has 0 aromatic carbocycles. The molecule has 0 spiro atoms. The Kier molecular flexibility index (Phi) is 3.14. The number of halogens is 3. The SMILES string of the molecule is C/C(=C(/C)C(F)(F)F)C(C)C. The first-order valence-corrected chi connectivity index (χ1v) is 3.51. The van der Waals surface area contributed by atoms with Gasteiger partial charge < -0.3 is 0 Å². The zero-order valence-electron chi connectivity index (χ0n) is 7.21. The molecule has 0 aliphatic rings. The van der Waals surface area contributed by atoms with E-state index in [0.717, 1.165) is 6.92 Å². The summed E-state index contributed by atoms with van der Waals surface area (Å²) < 4.78 is 36.0. The van der Waals surface area contributed by atoms with Crippen LogP contribution in [0.5, 0.6) is 0 Å². The van der Waals surface area contributed by atoms with E-state index >= 15 is 0 Å². The van der Waals surface area contributed by atoms with Crippen LogP contribution < -0.4 is 0 Å². The van der Waals surface area contributed by atoms with E-state index in [1.165, 1.54) is 6.92 Å². The second kappa shape index (κ2) is 3.28. The molecule has 3 heteroatoms. The Bertz CT molecular complexity index is 163. The molecule has 11 heavy (non-hydrogen) atoms. The molecular formula is C8H13F3. The molecular weight excluding hydrogens is 153 g/mol. The Morgan fingerprint density at radius 1 is 1.09 bits per heavy atom. The number of hydrogen-bond acceptors (Lipinski definition) is 0. The van der Waals surface area contributed by atoms with Gasteiger partial charge in [0.1, 0.15) is 0 Å². The Hall–Kier alpha value is -0.470. The van der Waals surface area contributed by atoms with E-state index in [4.69, 9.17) is 0 Å². The summed E-state index contributed by atoms with van der Waals surface area (Å²) in [5.41, 5.74) is -0.0509. The zero-order valence-corrected chi connectivity index (χ0v) is 7.21. The summed E-state index contributed by atoms with van der Waals surface area (Å²) in [5.74, 6) is -0.0309. The summed E-state index contributed by atoms with van der Waals surface area (Å²) in [5, 5.41) is 0. The Labute approximate surface area is 65.1 Å².